The highest BCUT2D eigenvalue weighted by atomic mass is 16.5. The number of nitrogens with one attached hydrogen (secondary N) is 1. The van der Waals surface area contributed by atoms with Gasteiger partial charge in [-0.2, -0.15) is 0 Å². The Labute approximate surface area is 142 Å². The van der Waals surface area contributed by atoms with Crippen molar-refractivity contribution in [3.05, 3.63) is 78.9 Å². The molecule has 120 valence electrons. The zero-order valence-electron chi connectivity index (χ0n) is 13.5. The third-order valence-corrected chi connectivity index (χ3v) is 4.19. The third kappa shape index (κ3) is 2.93. The fourth-order valence-corrected chi connectivity index (χ4v) is 3.05. The first-order chi connectivity index (χ1) is 11.9. The summed E-state index contributed by atoms with van der Waals surface area (Å²) in [5, 5.41) is 3.47. The van der Waals surface area contributed by atoms with Gasteiger partial charge in [0.15, 0.2) is 11.5 Å². The molecule has 1 aliphatic heterocycles. The lowest BCUT2D eigenvalue weighted by Gasteiger charge is -2.32. The summed E-state index contributed by atoms with van der Waals surface area (Å²) in [5.41, 5.74) is 3.44. The molecule has 3 heteroatoms. The molecule has 0 spiro atoms. The average Bonchev–Trinajstić information content (AvgIpc) is 2.65. The second-order valence-corrected chi connectivity index (χ2v) is 5.84. The van der Waals surface area contributed by atoms with Crippen molar-refractivity contribution in [3.63, 3.8) is 0 Å². The predicted molar refractivity (Wildman–Crippen MR) is 99.5 cm³/mol. The van der Waals surface area contributed by atoms with Crippen LogP contribution >= 0.6 is 0 Å². The fraction of sp³-hybridized carbons (Fsp3) is 0.143. The van der Waals surface area contributed by atoms with Gasteiger partial charge in [0.1, 0.15) is 0 Å². The summed E-state index contributed by atoms with van der Waals surface area (Å²) >= 11 is 0. The number of benzene rings is 3. The molecule has 1 N–H and O–H groups in total. The molecular weight excluding hydrogens is 296 g/mol. The Kier molecular flexibility index (Phi) is 4.07. The van der Waals surface area contributed by atoms with E-state index >= 15 is 0 Å². The van der Waals surface area contributed by atoms with E-state index in [0.717, 1.165) is 42.4 Å². The number of rotatable bonds is 5. The first kappa shape index (κ1) is 14.6. The molecular formula is C21H20N2O. The molecule has 0 saturated heterocycles. The largest absolute Gasteiger partial charge is 0.453 e. The Balaban J connectivity index is 1.48. The van der Waals surface area contributed by atoms with E-state index in [1.165, 1.54) is 5.69 Å². The lowest BCUT2D eigenvalue weighted by molar-refractivity contribution is 0.473. The minimum absolute atomic E-state index is 0.923. The first-order valence-electron chi connectivity index (χ1n) is 8.34. The molecule has 0 unspecified atom stereocenters. The van der Waals surface area contributed by atoms with E-state index in [0.29, 0.717) is 0 Å². The molecule has 1 heterocycles. The maximum absolute atomic E-state index is 6.03. The van der Waals surface area contributed by atoms with Gasteiger partial charge in [-0.3, -0.25) is 0 Å². The predicted octanol–water partition coefficient (Wildman–Crippen LogP) is 5.43. The van der Waals surface area contributed by atoms with Crippen molar-refractivity contribution in [2.75, 3.05) is 23.3 Å². The Hall–Kier alpha value is -2.94. The molecule has 0 aromatic heterocycles. The van der Waals surface area contributed by atoms with Gasteiger partial charge in [0.2, 0.25) is 0 Å². The number of para-hydroxylation sites is 5. The Morgan fingerprint density at radius 3 is 1.96 bits per heavy atom. The molecule has 0 amide bonds. The van der Waals surface area contributed by atoms with E-state index in [9.17, 15) is 0 Å². The maximum atomic E-state index is 6.03. The summed E-state index contributed by atoms with van der Waals surface area (Å²) in [5.74, 6) is 1.85. The second-order valence-electron chi connectivity index (χ2n) is 5.84. The van der Waals surface area contributed by atoms with Crippen LogP contribution in [0.4, 0.5) is 17.1 Å². The van der Waals surface area contributed by atoms with Crippen LogP contribution in [0.25, 0.3) is 0 Å². The number of nitrogens with zero attached hydrogens (tertiary/aromatic N) is 1. The highest BCUT2D eigenvalue weighted by Crippen LogP contribution is 2.46. The molecule has 1 aliphatic rings. The Bertz CT molecular complexity index is 771. The zero-order chi connectivity index (χ0) is 16.2. The molecule has 0 atom stereocenters. The zero-order valence-corrected chi connectivity index (χ0v) is 13.5. The van der Waals surface area contributed by atoms with Gasteiger partial charge in [-0.25, -0.2) is 0 Å². The SMILES string of the molecule is c1ccc(NCCCN2c3ccccc3Oc3ccccc32)cc1. The minimum Gasteiger partial charge on any atom is -0.453 e. The first-order valence-corrected chi connectivity index (χ1v) is 8.34. The van der Waals surface area contributed by atoms with Gasteiger partial charge in [0, 0.05) is 18.8 Å². The van der Waals surface area contributed by atoms with Crippen LogP contribution in [0.3, 0.4) is 0 Å². The van der Waals surface area contributed by atoms with Crippen molar-refractivity contribution in [1.82, 2.24) is 0 Å². The van der Waals surface area contributed by atoms with Crippen molar-refractivity contribution in [1.29, 1.82) is 0 Å². The van der Waals surface area contributed by atoms with Gasteiger partial charge in [0.05, 0.1) is 11.4 Å². The van der Waals surface area contributed by atoms with E-state index in [4.69, 9.17) is 4.74 Å². The van der Waals surface area contributed by atoms with Crippen LogP contribution in [-0.2, 0) is 0 Å². The molecule has 0 aliphatic carbocycles. The number of hydrogen-bond acceptors (Lipinski definition) is 3. The van der Waals surface area contributed by atoms with Crippen LogP contribution < -0.4 is 15.0 Å². The third-order valence-electron chi connectivity index (χ3n) is 4.19. The number of hydrogen-bond donors (Lipinski definition) is 1. The summed E-state index contributed by atoms with van der Waals surface area (Å²) in [4.78, 5) is 2.35. The van der Waals surface area contributed by atoms with Gasteiger partial charge in [0.25, 0.3) is 0 Å². The van der Waals surface area contributed by atoms with E-state index in [1.54, 1.807) is 0 Å². The molecule has 4 rings (SSSR count). The van der Waals surface area contributed by atoms with Crippen LogP contribution in [0.2, 0.25) is 0 Å². The van der Waals surface area contributed by atoms with Gasteiger partial charge in [-0.1, -0.05) is 42.5 Å². The van der Waals surface area contributed by atoms with E-state index in [1.807, 2.05) is 30.3 Å². The molecule has 0 saturated carbocycles. The van der Waals surface area contributed by atoms with Crippen LogP contribution in [-0.4, -0.2) is 13.1 Å². The average molecular weight is 316 g/mol. The monoisotopic (exact) mass is 316 g/mol. The van der Waals surface area contributed by atoms with E-state index < -0.39 is 0 Å². The van der Waals surface area contributed by atoms with Gasteiger partial charge in [-0.05, 0) is 42.8 Å². The standard InChI is InChI=1S/C21H20N2O/c1-2-9-17(10-3-1)22-15-8-16-23-18-11-4-6-13-20(18)24-21-14-7-5-12-19(21)23/h1-7,9-14,22H,8,15-16H2. The van der Waals surface area contributed by atoms with Crippen LogP contribution in [0.15, 0.2) is 78.9 Å². The van der Waals surface area contributed by atoms with E-state index in [-0.39, 0.29) is 0 Å². The topological polar surface area (TPSA) is 24.5 Å². The molecule has 3 nitrogen and oxygen atoms in total. The van der Waals surface area contributed by atoms with E-state index in [2.05, 4.69) is 58.7 Å². The van der Waals surface area contributed by atoms with Gasteiger partial charge >= 0.3 is 0 Å². The normalized spacial score (nSPS) is 12.1. The minimum atomic E-state index is 0.923. The van der Waals surface area contributed by atoms with Gasteiger partial charge in [-0.15, -0.1) is 0 Å². The number of fused-ring (bicyclic) bond motifs is 2. The number of anilines is 3. The molecule has 0 radical (unpaired) electrons. The lowest BCUT2D eigenvalue weighted by atomic mass is 10.1. The summed E-state index contributed by atoms with van der Waals surface area (Å²) in [6.45, 7) is 1.88. The second kappa shape index (κ2) is 6.67. The summed E-state index contributed by atoms with van der Waals surface area (Å²) in [7, 11) is 0. The van der Waals surface area contributed by atoms with Crippen LogP contribution in [0.1, 0.15) is 6.42 Å². The summed E-state index contributed by atoms with van der Waals surface area (Å²) in [6, 6.07) is 26.8. The molecule has 0 bridgehead atoms. The van der Waals surface area contributed by atoms with Crippen molar-refractivity contribution < 1.29 is 4.74 Å². The highest BCUT2D eigenvalue weighted by molar-refractivity contribution is 5.77. The van der Waals surface area contributed by atoms with Crippen LogP contribution in [0.5, 0.6) is 11.5 Å². The molecule has 3 aromatic carbocycles. The Morgan fingerprint density at radius 1 is 0.708 bits per heavy atom. The van der Waals surface area contributed by atoms with Crippen molar-refractivity contribution in [3.8, 4) is 11.5 Å². The van der Waals surface area contributed by atoms with Crippen molar-refractivity contribution >= 4 is 17.1 Å². The number of ether oxygens (including phenoxy) is 1. The summed E-state index contributed by atoms with van der Waals surface area (Å²) < 4.78 is 6.03. The fourth-order valence-electron chi connectivity index (χ4n) is 3.05. The molecule has 0 fully saturated rings. The quantitative estimate of drug-likeness (QED) is 0.635. The van der Waals surface area contributed by atoms with Crippen molar-refractivity contribution in [2.24, 2.45) is 0 Å². The van der Waals surface area contributed by atoms with Crippen molar-refractivity contribution in [2.45, 2.75) is 6.42 Å². The lowest BCUT2D eigenvalue weighted by Crippen LogP contribution is -2.24. The van der Waals surface area contributed by atoms with Crippen LogP contribution in [0, 0.1) is 0 Å². The maximum Gasteiger partial charge on any atom is 0.151 e. The smallest absolute Gasteiger partial charge is 0.151 e. The summed E-state index contributed by atoms with van der Waals surface area (Å²) in [6.07, 6.45) is 1.04. The Morgan fingerprint density at radius 2 is 1.29 bits per heavy atom. The highest BCUT2D eigenvalue weighted by Gasteiger charge is 2.22. The molecule has 3 aromatic rings. The van der Waals surface area contributed by atoms with Gasteiger partial charge < -0.3 is 15.0 Å². The molecule has 24 heavy (non-hydrogen) atoms.